The maximum Gasteiger partial charge on any atom is 0.272 e. The van der Waals surface area contributed by atoms with E-state index in [1.807, 2.05) is 13.0 Å². The van der Waals surface area contributed by atoms with E-state index in [0.717, 1.165) is 18.1 Å². The summed E-state index contributed by atoms with van der Waals surface area (Å²) >= 11 is 0. The molecule has 0 spiro atoms. The van der Waals surface area contributed by atoms with Gasteiger partial charge in [-0.15, -0.1) is 0 Å². The van der Waals surface area contributed by atoms with E-state index in [0.29, 0.717) is 18.3 Å². The van der Waals surface area contributed by atoms with Crippen LogP contribution in [-0.4, -0.2) is 31.6 Å². The fourth-order valence-electron chi connectivity index (χ4n) is 1.80. The predicted octanol–water partition coefficient (Wildman–Crippen LogP) is 2.55. The van der Waals surface area contributed by atoms with Gasteiger partial charge in [-0.25, -0.2) is 13.8 Å². The second-order valence-corrected chi connectivity index (χ2v) is 4.96. The van der Waals surface area contributed by atoms with Crippen molar-refractivity contribution < 1.29 is 13.5 Å². The molecule has 1 aliphatic rings. The van der Waals surface area contributed by atoms with Gasteiger partial charge in [-0.3, -0.25) is 0 Å². The first-order chi connectivity index (χ1) is 10.2. The van der Waals surface area contributed by atoms with Gasteiger partial charge in [0.1, 0.15) is 12.4 Å². The first-order valence-electron chi connectivity index (χ1n) is 7.22. The van der Waals surface area contributed by atoms with Crippen LogP contribution in [0.15, 0.2) is 29.3 Å². The molecule has 4 nitrogen and oxygen atoms in total. The summed E-state index contributed by atoms with van der Waals surface area (Å²) in [6, 6.07) is 7.63. The highest BCUT2D eigenvalue weighted by Gasteiger charge is 2.21. The van der Waals surface area contributed by atoms with Crippen LogP contribution in [0.4, 0.5) is 8.78 Å². The van der Waals surface area contributed by atoms with Crippen molar-refractivity contribution >= 4 is 5.96 Å². The molecule has 0 unspecified atom stereocenters. The average molecular weight is 297 g/mol. The van der Waals surface area contributed by atoms with Crippen LogP contribution in [0.1, 0.15) is 25.3 Å². The maximum absolute atomic E-state index is 12.1. The van der Waals surface area contributed by atoms with Gasteiger partial charge in [-0.1, -0.05) is 12.1 Å². The summed E-state index contributed by atoms with van der Waals surface area (Å²) in [4.78, 5) is 4.49. The number of hydrogen-bond acceptors (Lipinski definition) is 2. The number of rotatable bonds is 7. The molecule has 1 saturated carbocycles. The molecule has 1 fully saturated rings. The molecule has 1 aliphatic carbocycles. The number of ether oxygens (including phenoxy) is 1. The van der Waals surface area contributed by atoms with E-state index in [2.05, 4.69) is 15.6 Å². The molecule has 0 amide bonds. The molecule has 0 aliphatic heterocycles. The molecular formula is C15H21F2N3O. The van der Waals surface area contributed by atoms with E-state index in [1.165, 1.54) is 12.8 Å². The SMILES string of the molecule is CCNC(=NCc1cccc(OCC(F)F)c1)NC1CC1. The minimum Gasteiger partial charge on any atom is -0.488 e. The van der Waals surface area contributed by atoms with Gasteiger partial charge in [-0.2, -0.15) is 0 Å². The molecular weight excluding hydrogens is 276 g/mol. The van der Waals surface area contributed by atoms with E-state index < -0.39 is 13.0 Å². The lowest BCUT2D eigenvalue weighted by molar-refractivity contribution is 0.0818. The summed E-state index contributed by atoms with van der Waals surface area (Å²) in [7, 11) is 0. The van der Waals surface area contributed by atoms with Crippen LogP contribution >= 0.6 is 0 Å². The zero-order chi connectivity index (χ0) is 15.1. The van der Waals surface area contributed by atoms with Crippen LogP contribution < -0.4 is 15.4 Å². The molecule has 1 aromatic rings. The monoisotopic (exact) mass is 297 g/mol. The molecule has 0 bridgehead atoms. The van der Waals surface area contributed by atoms with Crippen molar-refractivity contribution in [2.24, 2.45) is 4.99 Å². The third-order valence-corrected chi connectivity index (χ3v) is 2.96. The van der Waals surface area contributed by atoms with Crippen LogP contribution in [0.5, 0.6) is 5.75 Å². The van der Waals surface area contributed by atoms with Gasteiger partial charge in [0.25, 0.3) is 6.43 Å². The Balaban J connectivity index is 1.92. The summed E-state index contributed by atoms with van der Waals surface area (Å²) in [5.74, 6) is 1.24. The Morgan fingerprint density at radius 1 is 1.43 bits per heavy atom. The zero-order valence-electron chi connectivity index (χ0n) is 12.1. The van der Waals surface area contributed by atoms with Crippen LogP contribution in [0.3, 0.4) is 0 Å². The van der Waals surface area contributed by atoms with E-state index in [4.69, 9.17) is 4.74 Å². The number of nitrogens with one attached hydrogen (secondary N) is 2. The lowest BCUT2D eigenvalue weighted by Gasteiger charge is -2.10. The van der Waals surface area contributed by atoms with Gasteiger partial charge >= 0.3 is 0 Å². The minimum atomic E-state index is -2.46. The molecule has 0 saturated heterocycles. The molecule has 0 atom stereocenters. The molecule has 6 heteroatoms. The van der Waals surface area contributed by atoms with Crippen molar-refractivity contribution in [2.75, 3.05) is 13.2 Å². The number of aliphatic imine (C=N–C) groups is 1. The average Bonchev–Trinajstić information content (AvgIpc) is 3.27. The third-order valence-electron chi connectivity index (χ3n) is 2.96. The highest BCUT2D eigenvalue weighted by Crippen LogP contribution is 2.18. The number of benzene rings is 1. The highest BCUT2D eigenvalue weighted by atomic mass is 19.3. The molecule has 116 valence electrons. The molecule has 2 rings (SSSR count). The first kappa shape index (κ1) is 15.5. The van der Waals surface area contributed by atoms with E-state index in [-0.39, 0.29) is 0 Å². The van der Waals surface area contributed by atoms with E-state index in [9.17, 15) is 8.78 Å². The summed E-state index contributed by atoms with van der Waals surface area (Å²) < 4.78 is 29.3. The van der Waals surface area contributed by atoms with E-state index >= 15 is 0 Å². The molecule has 2 N–H and O–H groups in total. The highest BCUT2D eigenvalue weighted by molar-refractivity contribution is 5.80. The standard InChI is InChI=1S/C15H21F2N3O/c1-2-18-15(20-12-6-7-12)19-9-11-4-3-5-13(8-11)21-10-14(16)17/h3-5,8,12,14H,2,6-7,9-10H2,1H3,(H2,18,19,20). The predicted molar refractivity (Wildman–Crippen MR) is 78.9 cm³/mol. The number of halogens is 2. The van der Waals surface area contributed by atoms with Gasteiger partial charge in [-0.05, 0) is 37.5 Å². The Hall–Kier alpha value is -1.85. The Labute approximate surface area is 123 Å². The lowest BCUT2D eigenvalue weighted by atomic mass is 10.2. The zero-order valence-corrected chi connectivity index (χ0v) is 12.1. The summed E-state index contributed by atoms with van der Waals surface area (Å²) in [5.41, 5.74) is 0.926. The Bertz CT molecular complexity index is 476. The van der Waals surface area contributed by atoms with Crippen molar-refractivity contribution in [2.45, 2.75) is 38.8 Å². The maximum atomic E-state index is 12.1. The van der Waals surface area contributed by atoms with Crippen molar-refractivity contribution in [1.29, 1.82) is 0 Å². The molecule has 0 aromatic heterocycles. The number of hydrogen-bond donors (Lipinski definition) is 2. The Morgan fingerprint density at radius 2 is 2.24 bits per heavy atom. The number of nitrogens with zero attached hydrogens (tertiary/aromatic N) is 1. The van der Waals surface area contributed by atoms with Crippen molar-refractivity contribution in [3.63, 3.8) is 0 Å². The smallest absolute Gasteiger partial charge is 0.272 e. The van der Waals surface area contributed by atoms with Gasteiger partial charge in [0, 0.05) is 12.6 Å². The van der Waals surface area contributed by atoms with Crippen molar-refractivity contribution in [3.8, 4) is 5.75 Å². The number of guanidine groups is 1. The minimum absolute atomic E-state index is 0.447. The molecule has 21 heavy (non-hydrogen) atoms. The fraction of sp³-hybridized carbons (Fsp3) is 0.533. The fourth-order valence-corrected chi connectivity index (χ4v) is 1.80. The van der Waals surface area contributed by atoms with Crippen LogP contribution in [-0.2, 0) is 6.54 Å². The van der Waals surface area contributed by atoms with Crippen LogP contribution in [0, 0.1) is 0 Å². The third kappa shape index (κ3) is 5.97. The summed E-state index contributed by atoms with van der Waals surface area (Å²) in [6.07, 6.45) is -0.0993. The van der Waals surface area contributed by atoms with Crippen LogP contribution in [0.25, 0.3) is 0 Å². The Kier molecular flexibility index (Phi) is 5.78. The molecule has 1 aromatic carbocycles. The van der Waals surface area contributed by atoms with Gasteiger partial charge in [0.05, 0.1) is 6.54 Å². The molecule has 0 heterocycles. The van der Waals surface area contributed by atoms with Gasteiger partial charge in [0.2, 0.25) is 0 Å². The van der Waals surface area contributed by atoms with Crippen molar-refractivity contribution in [1.82, 2.24) is 10.6 Å². The summed E-state index contributed by atoms with van der Waals surface area (Å²) in [6.45, 7) is 2.71. The first-order valence-corrected chi connectivity index (χ1v) is 7.22. The second kappa shape index (κ2) is 7.81. The van der Waals surface area contributed by atoms with Gasteiger partial charge < -0.3 is 15.4 Å². The largest absolute Gasteiger partial charge is 0.488 e. The van der Waals surface area contributed by atoms with Crippen molar-refractivity contribution in [3.05, 3.63) is 29.8 Å². The number of alkyl halides is 2. The molecule has 0 radical (unpaired) electrons. The normalized spacial score (nSPS) is 15.1. The Morgan fingerprint density at radius 3 is 2.90 bits per heavy atom. The second-order valence-electron chi connectivity index (χ2n) is 4.96. The summed E-state index contributed by atoms with van der Waals surface area (Å²) in [5, 5.41) is 6.51. The lowest BCUT2D eigenvalue weighted by Crippen LogP contribution is -2.38. The quantitative estimate of drug-likeness (QED) is 0.600. The van der Waals surface area contributed by atoms with Gasteiger partial charge in [0.15, 0.2) is 5.96 Å². The topological polar surface area (TPSA) is 45.7 Å². The van der Waals surface area contributed by atoms with E-state index in [1.54, 1.807) is 18.2 Å². The van der Waals surface area contributed by atoms with Crippen LogP contribution in [0.2, 0.25) is 0 Å².